The number of benzene rings is 2. The average molecular weight is 298 g/mol. The largest absolute Gasteiger partial charge is 0.399 e. The third kappa shape index (κ3) is 5.22. The van der Waals surface area contributed by atoms with Gasteiger partial charge in [0.05, 0.1) is 6.10 Å². The molecule has 0 saturated carbocycles. The molecule has 2 aromatic carbocycles. The van der Waals surface area contributed by atoms with Crippen molar-refractivity contribution in [1.29, 1.82) is 0 Å². The number of hydrogen-bond acceptors (Lipinski definition) is 3. The summed E-state index contributed by atoms with van der Waals surface area (Å²) in [6.07, 6.45) is 1.15. The van der Waals surface area contributed by atoms with Gasteiger partial charge in [-0.2, -0.15) is 0 Å². The molecule has 0 fully saturated rings. The fraction of sp³-hybridized carbons (Fsp3) is 0.278. The molecule has 0 bridgehead atoms. The van der Waals surface area contributed by atoms with Crippen LogP contribution in [-0.2, 0) is 9.53 Å². The van der Waals surface area contributed by atoms with E-state index in [0.717, 1.165) is 11.3 Å². The number of nitrogens with one attached hydrogen (secondary N) is 1. The summed E-state index contributed by atoms with van der Waals surface area (Å²) >= 11 is 0. The van der Waals surface area contributed by atoms with Gasteiger partial charge >= 0.3 is 0 Å². The van der Waals surface area contributed by atoms with Crippen LogP contribution in [0.15, 0.2) is 54.6 Å². The van der Waals surface area contributed by atoms with Crippen molar-refractivity contribution in [2.75, 3.05) is 17.7 Å². The fourth-order valence-corrected chi connectivity index (χ4v) is 2.15. The first-order valence-corrected chi connectivity index (χ1v) is 7.47. The maximum absolute atomic E-state index is 11.8. The summed E-state index contributed by atoms with van der Waals surface area (Å²) in [7, 11) is 0. The lowest BCUT2D eigenvalue weighted by Crippen LogP contribution is -2.12. The molecule has 4 nitrogen and oxygen atoms in total. The van der Waals surface area contributed by atoms with E-state index in [-0.39, 0.29) is 12.0 Å². The lowest BCUT2D eigenvalue weighted by atomic mass is 10.1. The van der Waals surface area contributed by atoms with Gasteiger partial charge in [-0.1, -0.05) is 36.4 Å². The van der Waals surface area contributed by atoms with E-state index in [1.165, 1.54) is 0 Å². The lowest BCUT2D eigenvalue weighted by molar-refractivity contribution is -0.116. The first kappa shape index (κ1) is 16.0. The number of rotatable bonds is 7. The summed E-state index contributed by atoms with van der Waals surface area (Å²) in [4.78, 5) is 11.8. The minimum atomic E-state index is -0.0263. The van der Waals surface area contributed by atoms with Gasteiger partial charge in [0, 0.05) is 24.4 Å². The quantitative estimate of drug-likeness (QED) is 0.604. The Morgan fingerprint density at radius 2 is 1.95 bits per heavy atom. The van der Waals surface area contributed by atoms with E-state index in [1.807, 2.05) is 49.4 Å². The Labute approximate surface area is 131 Å². The van der Waals surface area contributed by atoms with Gasteiger partial charge in [0.1, 0.15) is 0 Å². The van der Waals surface area contributed by atoms with Crippen molar-refractivity contribution in [3.05, 3.63) is 60.2 Å². The highest BCUT2D eigenvalue weighted by Gasteiger charge is 2.06. The van der Waals surface area contributed by atoms with Crippen LogP contribution in [0.5, 0.6) is 0 Å². The molecule has 0 radical (unpaired) electrons. The van der Waals surface area contributed by atoms with Gasteiger partial charge in [-0.15, -0.1) is 0 Å². The van der Waals surface area contributed by atoms with Crippen LogP contribution >= 0.6 is 0 Å². The summed E-state index contributed by atoms with van der Waals surface area (Å²) in [6.45, 7) is 2.57. The van der Waals surface area contributed by atoms with Gasteiger partial charge in [-0.25, -0.2) is 0 Å². The van der Waals surface area contributed by atoms with E-state index in [9.17, 15) is 4.79 Å². The zero-order valence-electron chi connectivity index (χ0n) is 12.8. The van der Waals surface area contributed by atoms with Crippen molar-refractivity contribution in [3.8, 4) is 0 Å². The van der Waals surface area contributed by atoms with Gasteiger partial charge in [0.2, 0.25) is 5.91 Å². The second-order valence-electron chi connectivity index (χ2n) is 5.20. The maximum atomic E-state index is 11.8. The third-order valence-electron chi connectivity index (χ3n) is 3.36. The molecule has 4 heteroatoms. The molecule has 0 heterocycles. The van der Waals surface area contributed by atoms with Crippen LogP contribution in [0.3, 0.4) is 0 Å². The van der Waals surface area contributed by atoms with E-state index in [2.05, 4.69) is 5.32 Å². The van der Waals surface area contributed by atoms with Crippen molar-refractivity contribution in [3.63, 3.8) is 0 Å². The topological polar surface area (TPSA) is 64.3 Å². The summed E-state index contributed by atoms with van der Waals surface area (Å²) in [5, 5.41) is 2.83. The Hall–Kier alpha value is -2.33. The monoisotopic (exact) mass is 298 g/mol. The summed E-state index contributed by atoms with van der Waals surface area (Å²) in [5.74, 6) is -0.0263. The first-order chi connectivity index (χ1) is 10.6. The number of ether oxygens (including phenoxy) is 1. The Kier molecular flexibility index (Phi) is 5.98. The van der Waals surface area contributed by atoms with Crippen LogP contribution < -0.4 is 11.1 Å². The van der Waals surface area contributed by atoms with Gasteiger partial charge in [-0.05, 0) is 37.1 Å². The second-order valence-corrected chi connectivity index (χ2v) is 5.20. The van der Waals surface area contributed by atoms with Crippen molar-refractivity contribution in [2.24, 2.45) is 0 Å². The molecule has 116 valence electrons. The molecule has 22 heavy (non-hydrogen) atoms. The zero-order valence-corrected chi connectivity index (χ0v) is 12.8. The van der Waals surface area contributed by atoms with Crippen LogP contribution in [0.2, 0.25) is 0 Å². The standard InChI is InChI=1S/C18H22N2O2/c1-14(15-7-3-2-4-8-15)22-12-6-11-18(21)20-17-10-5-9-16(19)13-17/h2-5,7-10,13-14H,6,11-12,19H2,1H3,(H,20,21). The molecule has 0 aliphatic heterocycles. The zero-order chi connectivity index (χ0) is 15.8. The first-order valence-electron chi connectivity index (χ1n) is 7.47. The number of anilines is 2. The number of hydrogen-bond donors (Lipinski definition) is 2. The highest BCUT2D eigenvalue weighted by molar-refractivity contribution is 5.91. The van der Waals surface area contributed by atoms with E-state index in [0.29, 0.717) is 25.1 Å². The predicted molar refractivity (Wildman–Crippen MR) is 89.5 cm³/mol. The smallest absolute Gasteiger partial charge is 0.224 e. The summed E-state index contributed by atoms with van der Waals surface area (Å²) < 4.78 is 5.75. The molecular weight excluding hydrogens is 276 g/mol. The molecule has 1 unspecified atom stereocenters. The minimum Gasteiger partial charge on any atom is -0.399 e. The SMILES string of the molecule is CC(OCCCC(=O)Nc1cccc(N)c1)c1ccccc1. The lowest BCUT2D eigenvalue weighted by Gasteiger charge is -2.13. The highest BCUT2D eigenvalue weighted by atomic mass is 16.5. The molecule has 1 atom stereocenters. The highest BCUT2D eigenvalue weighted by Crippen LogP contribution is 2.16. The maximum Gasteiger partial charge on any atom is 0.224 e. The molecule has 2 aromatic rings. The molecule has 1 amide bonds. The number of carbonyl (C=O) groups excluding carboxylic acids is 1. The molecule has 0 aromatic heterocycles. The number of nitrogens with two attached hydrogens (primary N) is 1. The summed E-state index contributed by atoms with van der Waals surface area (Å²) in [5.41, 5.74) is 8.18. The van der Waals surface area contributed by atoms with Crippen LogP contribution in [0, 0.1) is 0 Å². The van der Waals surface area contributed by atoms with Crippen molar-refractivity contribution < 1.29 is 9.53 Å². The van der Waals surface area contributed by atoms with E-state index >= 15 is 0 Å². The minimum absolute atomic E-state index is 0.0263. The fourth-order valence-electron chi connectivity index (χ4n) is 2.15. The third-order valence-corrected chi connectivity index (χ3v) is 3.36. The normalized spacial score (nSPS) is 11.9. The van der Waals surface area contributed by atoms with E-state index in [1.54, 1.807) is 12.1 Å². The van der Waals surface area contributed by atoms with Gasteiger partial charge < -0.3 is 15.8 Å². The molecule has 3 N–H and O–H groups in total. The molecule has 0 spiro atoms. The van der Waals surface area contributed by atoms with Crippen LogP contribution in [0.1, 0.15) is 31.4 Å². The molecule has 0 aliphatic carbocycles. The molecule has 2 rings (SSSR count). The van der Waals surface area contributed by atoms with Crippen LogP contribution in [0.25, 0.3) is 0 Å². The van der Waals surface area contributed by atoms with Crippen molar-refractivity contribution >= 4 is 17.3 Å². The summed E-state index contributed by atoms with van der Waals surface area (Å²) in [6, 6.07) is 17.2. The Morgan fingerprint density at radius 1 is 1.18 bits per heavy atom. The van der Waals surface area contributed by atoms with E-state index < -0.39 is 0 Å². The van der Waals surface area contributed by atoms with Crippen LogP contribution in [-0.4, -0.2) is 12.5 Å². The molecular formula is C18H22N2O2. The number of carbonyl (C=O) groups is 1. The second kappa shape index (κ2) is 8.20. The Balaban J connectivity index is 1.67. The van der Waals surface area contributed by atoms with Crippen LogP contribution in [0.4, 0.5) is 11.4 Å². The molecule has 0 saturated heterocycles. The van der Waals surface area contributed by atoms with Gasteiger partial charge in [-0.3, -0.25) is 4.79 Å². The van der Waals surface area contributed by atoms with Crippen molar-refractivity contribution in [1.82, 2.24) is 0 Å². The van der Waals surface area contributed by atoms with Gasteiger partial charge in [0.15, 0.2) is 0 Å². The van der Waals surface area contributed by atoms with Gasteiger partial charge in [0.25, 0.3) is 0 Å². The average Bonchev–Trinajstić information content (AvgIpc) is 2.52. The van der Waals surface area contributed by atoms with E-state index in [4.69, 9.17) is 10.5 Å². The predicted octanol–water partition coefficient (Wildman–Crippen LogP) is 3.77. The Bertz CT molecular complexity index is 599. The molecule has 0 aliphatic rings. The van der Waals surface area contributed by atoms with Crippen molar-refractivity contribution in [2.45, 2.75) is 25.9 Å². The number of amides is 1. The number of nitrogen functional groups attached to an aromatic ring is 1. The Morgan fingerprint density at radius 3 is 2.68 bits per heavy atom.